The summed E-state index contributed by atoms with van der Waals surface area (Å²) >= 11 is 5.79. The molecular formula is C12H12ClN. The molecule has 0 saturated carbocycles. The van der Waals surface area contributed by atoms with Crippen molar-refractivity contribution < 1.29 is 0 Å². The minimum absolute atomic E-state index is 0.656. The van der Waals surface area contributed by atoms with Crippen LogP contribution in [0.5, 0.6) is 0 Å². The van der Waals surface area contributed by atoms with Gasteiger partial charge in [0.15, 0.2) is 0 Å². The first-order chi connectivity index (χ1) is 6.66. The fraction of sp³-hybridized carbons (Fsp3) is 0.167. The summed E-state index contributed by atoms with van der Waals surface area (Å²) in [6, 6.07) is 8.49. The molecule has 0 N–H and O–H groups in total. The van der Waals surface area contributed by atoms with Crippen molar-refractivity contribution in [3.63, 3.8) is 0 Å². The smallest absolute Gasteiger partial charge is 0.0577 e. The summed E-state index contributed by atoms with van der Waals surface area (Å²) in [5.41, 5.74) is 2.48. The monoisotopic (exact) mass is 205 g/mol. The van der Waals surface area contributed by atoms with Gasteiger partial charge < -0.3 is 4.57 Å². The number of fused-ring (bicyclic) bond motifs is 1. The van der Waals surface area contributed by atoms with Crippen LogP contribution in [0.2, 0.25) is 0 Å². The fourth-order valence-corrected chi connectivity index (χ4v) is 1.75. The van der Waals surface area contributed by atoms with Gasteiger partial charge in [-0.25, -0.2) is 0 Å². The predicted molar refractivity (Wildman–Crippen MR) is 61.7 cm³/mol. The Kier molecular flexibility index (Phi) is 2.34. The lowest BCUT2D eigenvalue weighted by Gasteiger charge is -2.03. The molecule has 0 spiro atoms. The normalized spacial score (nSPS) is 10.7. The molecule has 72 valence electrons. The van der Waals surface area contributed by atoms with Crippen LogP contribution in [0.4, 0.5) is 0 Å². The summed E-state index contributed by atoms with van der Waals surface area (Å²) in [5.74, 6) is 0. The van der Waals surface area contributed by atoms with Crippen molar-refractivity contribution in [2.45, 2.75) is 13.5 Å². The maximum Gasteiger partial charge on any atom is 0.0577 e. The van der Waals surface area contributed by atoms with Crippen LogP contribution in [0.3, 0.4) is 0 Å². The third-order valence-electron chi connectivity index (χ3n) is 2.27. The summed E-state index contributed by atoms with van der Waals surface area (Å²) in [7, 11) is 0. The van der Waals surface area contributed by atoms with Gasteiger partial charge in [-0.15, -0.1) is 0 Å². The second-order valence-electron chi connectivity index (χ2n) is 3.52. The van der Waals surface area contributed by atoms with Gasteiger partial charge in [-0.05, 0) is 30.0 Å². The van der Waals surface area contributed by atoms with Crippen LogP contribution in [0.25, 0.3) is 10.9 Å². The van der Waals surface area contributed by atoms with Gasteiger partial charge in [0.25, 0.3) is 0 Å². The van der Waals surface area contributed by atoms with Gasteiger partial charge in [0.1, 0.15) is 0 Å². The number of nitrogens with zero attached hydrogens (tertiary/aromatic N) is 1. The van der Waals surface area contributed by atoms with Gasteiger partial charge in [-0.1, -0.05) is 30.3 Å². The third-order valence-corrected chi connectivity index (χ3v) is 2.39. The molecule has 0 aliphatic heterocycles. The van der Waals surface area contributed by atoms with Crippen molar-refractivity contribution in [2.75, 3.05) is 0 Å². The molecule has 1 aromatic carbocycles. The van der Waals surface area contributed by atoms with Crippen LogP contribution in [-0.2, 0) is 6.54 Å². The Morgan fingerprint density at radius 3 is 2.93 bits per heavy atom. The fourth-order valence-electron chi connectivity index (χ4n) is 1.62. The maximum atomic E-state index is 5.79. The topological polar surface area (TPSA) is 4.93 Å². The molecule has 2 rings (SSSR count). The molecule has 0 unspecified atom stereocenters. The average Bonchev–Trinajstić information content (AvgIpc) is 2.47. The molecule has 0 atom stereocenters. The molecule has 2 aromatic rings. The van der Waals surface area contributed by atoms with Gasteiger partial charge in [0.2, 0.25) is 0 Å². The minimum Gasteiger partial charge on any atom is -0.342 e. The minimum atomic E-state index is 0.656. The largest absolute Gasteiger partial charge is 0.342 e. The Hall–Kier alpha value is -1.21. The maximum absolute atomic E-state index is 5.79. The van der Waals surface area contributed by atoms with Gasteiger partial charge in [-0.2, -0.15) is 0 Å². The average molecular weight is 206 g/mol. The quantitative estimate of drug-likeness (QED) is 0.705. The molecule has 1 aromatic heterocycles. The molecule has 0 aliphatic carbocycles. The zero-order valence-corrected chi connectivity index (χ0v) is 8.88. The number of allylic oxidation sites excluding steroid dienone is 1. The van der Waals surface area contributed by atoms with Crippen molar-refractivity contribution in [3.05, 3.63) is 47.6 Å². The van der Waals surface area contributed by atoms with Gasteiger partial charge >= 0.3 is 0 Å². The highest BCUT2D eigenvalue weighted by Crippen LogP contribution is 2.18. The first-order valence-corrected chi connectivity index (χ1v) is 4.93. The molecule has 0 aliphatic rings. The van der Waals surface area contributed by atoms with E-state index in [9.17, 15) is 0 Å². The highest BCUT2D eigenvalue weighted by Gasteiger charge is 2.00. The van der Waals surface area contributed by atoms with Crippen LogP contribution in [0, 0.1) is 6.92 Å². The summed E-state index contributed by atoms with van der Waals surface area (Å²) in [4.78, 5) is 0. The molecule has 0 amide bonds. The molecule has 14 heavy (non-hydrogen) atoms. The van der Waals surface area contributed by atoms with Crippen LogP contribution in [0.1, 0.15) is 5.56 Å². The lowest BCUT2D eigenvalue weighted by molar-refractivity contribution is 0.853. The van der Waals surface area contributed by atoms with Crippen molar-refractivity contribution in [1.82, 2.24) is 4.57 Å². The number of benzene rings is 1. The third kappa shape index (κ3) is 1.68. The second kappa shape index (κ2) is 3.50. The summed E-state index contributed by atoms with van der Waals surface area (Å²) < 4.78 is 2.11. The molecule has 0 saturated heterocycles. The van der Waals surface area contributed by atoms with Gasteiger partial charge in [-0.3, -0.25) is 0 Å². The number of hydrogen-bond donors (Lipinski definition) is 0. The van der Waals surface area contributed by atoms with Crippen LogP contribution < -0.4 is 0 Å². The van der Waals surface area contributed by atoms with Crippen molar-refractivity contribution in [3.8, 4) is 0 Å². The first-order valence-electron chi connectivity index (χ1n) is 4.55. The second-order valence-corrected chi connectivity index (χ2v) is 4.06. The van der Waals surface area contributed by atoms with Crippen LogP contribution in [-0.4, -0.2) is 4.57 Å². The molecule has 0 fully saturated rings. The van der Waals surface area contributed by atoms with Crippen LogP contribution in [0.15, 0.2) is 42.1 Å². The van der Waals surface area contributed by atoms with E-state index in [1.165, 1.54) is 16.5 Å². The number of halogens is 1. The summed E-state index contributed by atoms with van der Waals surface area (Å²) in [6.45, 7) is 6.47. The molecule has 1 heterocycles. The first kappa shape index (κ1) is 9.35. The zero-order valence-electron chi connectivity index (χ0n) is 8.13. The number of aromatic nitrogens is 1. The Morgan fingerprint density at radius 1 is 1.43 bits per heavy atom. The SMILES string of the molecule is C=C(Cl)Cn1ccc2ccc(C)cc21. The Morgan fingerprint density at radius 2 is 2.21 bits per heavy atom. The van der Waals surface area contributed by atoms with E-state index in [1.54, 1.807) is 0 Å². The van der Waals surface area contributed by atoms with E-state index in [0.29, 0.717) is 11.6 Å². The number of rotatable bonds is 2. The Balaban J connectivity index is 2.55. The molecule has 0 bridgehead atoms. The van der Waals surface area contributed by atoms with Gasteiger partial charge in [0, 0.05) is 16.7 Å². The van der Waals surface area contributed by atoms with E-state index >= 15 is 0 Å². The van der Waals surface area contributed by atoms with Crippen molar-refractivity contribution >= 4 is 22.5 Å². The summed E-state index contributed by atoms with van der Waals surface area (Å²) in [6.07, 6.45) is 2.04. The molecule has 2 heteroatoms. The van der Waals surface area contributed by atoms with E-state index in [2.05, 4.69) is 42.3 Å². The Bertz CT molecular complexity index is 482. The van der Waals surface area contributed by atoms with E-state index < -0.39 is 0 Å². The highest BCUT2D eigenvalue weighted by molar-refractivity contribution is 6.29. The lowest BCUT2D eigenvalue weighted by Crippen LogP contribution is -1.94. The van der Waals surface area contributed by atoms with E-state index in [1.807, 2.05) is 6.20 Å². The number of hydrogen-bond acceptors (Lipinski definition) is 0. The van der Waals surface area contributed by atoms with E-state index in [-0.39, 0.29) is 0 Å². The Labute approximate surface area is 88.6 Å². The van der Waals surface area contributed by atoms with Crippen LogP contribution >= 0.6 is 11.6 Å². The summed E-state index contributed by atoms with van der Waals surface area (Å²) in [5, 5.41) is 1.90. The van der Waals surface area contributed by atoms with Crippen molar-refractivity contribution in [2.24, 2.45) is 0 Å². The van der Waals surface area contributed by atoms with Crippen molar-refractivity contribution in [1.29, 1.82) is 0 Å². The van der Waals surface area contributed by atoms with E-state index in [4.69, 9.17) is 11.6 Å². The molecule has 0 radical (unpaired) electrons. The molecule has 1 nitrogen and oxygen atoms in total. The highest BCUT2D eigenvalue weighted by atomic mass is 35.5. The van der Waals surface area contributed by atoms with Gasteiger partial charge in [0.05, 0.1) is 6.54 Å². The molecular weight excluding hydrogens is 194 g/mol. The standard InChI is InChI=1S/C12H12ClN/c1-9-3-4-11-5-6-14(8-10(2)13)12(11)7-9/h3-7H,2,8H2,1H3. The predicted octanol–water partition coefficient (Wildman–Crippen LogP) is 3.70. The van der Waals surface area contributed by atoms with E-state index in [0.717, 1.165) is 0 Å². The lowest BCUT2D eigenvalue weighted by atomic mass is 10.2. The zero-order chi connectivity index (χ0) is 10.1. The number of aryl methyl sites for hydroxylation is 1.